The maximum absolute atomic E-state index is 11.6. The Balaban J connectivity index is 2.10. The summed E-state index contributed by atoms with van der Waals surface area (Å²) in [5.74, 6) is 0.754. The van der Waals surface area contributed by atoms with Gasteiger partial charge in [-0.25, -0.2) is 0 Å². The van der Waals surface area contributed by atoms with E-state index in [-0.39, 0.29) is 11.7 Å². The number of ketones is 1. The molecule has 2 aromatic rings. The van der Waals surface area contributed by atoms with Crippen LogP contribution in [0, 0.1) is 0 Å². The van der Waals surface area contributed by atoms with Gasteiger partial charge in [-0.1, -0.05) is 12.1 Å². The van der Waals surface area contributed by atoms with Gasteiger partial charge >= 0.3 is 0 Å². The molecule has 1 heterocycles. The molecular formula is C13H12ClNO. The number of hydrogen-bond acceptors (Lipinski definition) is 1. The minimum atomic E-state index is -0.0212. The van der Waals surface area contributed by atoms with Crippen LogP contribution in [-0.4, -0.2) is 16.6 Å². The number of alkyl halides is 1. The van der Waals surface area contributed by atoms with Crippen LogP contribution in [0.4, 0.5) is 0 Å². The summed E-state index contributed by atoms with van der Waals surface area (Å²) < 4.78 is 0. The molecule has 82 valence electrons. The summed E-state index contributed by atoms with van der Waals surface area (Å²) in [6, 6.07) is 6.30. The lowest BCUT2D eigenvalue weighted by Gasteiger charge is -1.99. The Bertz CT molecular complexity index is 554. The number of Topliss-reactive ketones (excluding diaryl/α,β-unsaturated/α-hetero) is 1. The lowest BCUT2D eigenvalue weighted by molar-refractivity contribution is 0.102. The Morgan fingerprint density at radius 3 is 2.94 bits per heavy atom. The summed E-state index contributed by atoms with van der Waals surface area (Å²) in [7, 11) is 0. The molecule has 0 amide bonds. The van der Waals surface area contributed by atoms with Gasteiger partial charge in [0.25, 0.3) is 0 Å². The van der Waals surface area contributed by atoms with Crippen molar-refractivity contribution in [2.45, 2.75) is 18.8 Å². The summed E-state index contributed by atoms with van der Waals surface area (Å²) in [4.78, 5) is 14.7. The third-order valence-corrected chi connectivity index (χ3v) is 3.42. The minimum Gasteiger partial charge on any atom is -0.360 e. The predicted molar refractivity (Wildman–Crippen MR) is 65.3 cm³/mol. The zero-order valence-corrected chi connectivity index (χ0v) is 9.55. The van der Waals surface area contributed by atoms with Crippen molar-refractivity contribution in [3.05, 3.63) is 35.5 Å². The summed E-state index contributed by atoms with van der Waals surface area (Å²) >= 11 is 5.57. The second-order valence-electron chi connectivity index (χ2n) is 4.34. The van der Waals surface area contributed by atoms with E-state index in [2.05, 4.69) is 17.1 Å². The van der Waals surface area contributed by atoms with Crippen LogP contribution in [0.25, 0.3) is 10.9 Å². The molecule has 0 unspecified atom stereocenters. The molecule has 0 spiro atoms. The van der Waals surface area contributed by atoms with Gasteiger partial charge in [0.15, 0.2) is 5.78 Å². The maximum Gasteiger partial charge on any atom is 0.179 e. The van der Waals surface area contributed by atoms with Crippen LogP contribution in [-0.2, 0) is 0 Å². The number of fused-ring (bicyclic) bond motifs is 1. The molecular weight excluding hydrogens is 222 g/mol. The van der Waals surface area contributed by atoms with Gasteiger partial charge in [0.1, 0.15) is 0 Å². The standard InChI is InChI=1S/C13H12ClNO/c14-6-13(16)11-7-15-12-5-9(8-1-2-8)3-4-10(11)12/h3-5,7-8,15H,1-2,6H2. The van der Waals surface area contributed by atoms with Gasteiger partial charge in [0, 0.05) is 22.7 Å². The molecule has 0 radical (unpaired) electrons. The molecule has 1 aliphatic rings. The van der Waals surface area contributed by atoms with Crippen LogP contribution in [0.3, 0.4) is 0 Å². The number of rotatable bonds is 3. The van der Waals surface area contributed by atoms with Crippen molar-refractivity contribution in [2.24, 2.45) is 0 Å². The molecule has 1 aromatic carbocycles. The lowest BCUT2D eigenvalue weighted by Crippen LogP contribution is -1.98. The summed E-state index contributed by atoms with van der Waals surface area (Å²) in [6.45, 7) is 0. The van der Waals surface area contributed by atoms with Gasteiger partial charge < -0.3 is 4.98 Å². The van der Waals surface area contributed by atoms with E-state index in [4.69, 9.17) is 11.6 Å². The Labute approximate surface area is 98.6 Å². The van der Waals surface area contributed by atoms with Crippen molar-refractivity contribution >= 4 is 28.3 Å². The van der Waals surface area contributed by atoms with Crippen molar-refractivity contribution < 1.29 is 4.79 Å². The Hall–Kier alpha value is -1.28. The van der Waals surface area contributed by atoms with E-state index in [1.165, 1.54) is 18.4 Å². The fourth-order valence-corrected chi connectivity index (χ4v) is 2.26. The fourth-order valence-electron chi connectivity index (χ4n) is 2.12. The zero-order valence-electron chi connectivity index (χ0n) is 8.79. The molecule has 1 fully saturated rings. The number of aromatic amines is 1. The quantitative estimate of drug-likeness (QED) is 0.639. The van der Waals surface area contributed by atoms with Crippen LogP contribution >= 0.6 is 11.6 Å². The largest absolute Gasteiger partial charge is 0.360 e. The highest BCUT2D eigenvalue weighted by atomic mass is 35.5. The van der Waals surface area contributed by atoms with Crippen LogP contribution < -0.4 is 0 Å². The first-order valence-electron chi connectivity index (χ1n) is 5.50. The molecule has 3 heteroatoms. The number of carbonyl (C=O) groups excluding carboxylic acids is 1. The lowest BCUT2D eigenvalue weighted by atomic mass is 10.1. The number of H-pyrrole nitrogens is 1. The Kier molecular flexibility index (Phi) is 2.25. The van der Waals surface area contributed by atoms with Crippen molar-refractivity contribution in [1.82, 2.24) is 4.98 Å². The van der Waals surface area contributed by atoms with E-state index in [1.807, 2.05) is 6.07 Å². The molecule has 3 rings (SSSR count). The number of halogens is 1. The molecule has 1 aliphatic carbocycles. The van der Waals surface area contributed by atoms with Crippen LogP contribution in [0.2, 0.25) is 0 Å². The van der Waals surface area contributed by atoms with E-state index in [9.17, 15) is 4.79 Å². The maximum atomic E-state index is 11.6. The van der Waals surface area contributed by atoms with Crippen molar-refractivity contribution in [2.75, 3.05) is 5.88 Å². The molecule has 2 nitrogen and oxygen atoms in total. The van der Waals surface area contributed by atoms with E-state index < -0.39 is 0 Å². The van der Waals surface area contributed by atoms with E-state index >= 15 is 0 Å². The highest BCUT2D eigenvalue weighted by molar-refractivity contribution is 6.31. The highest BCUT2D eigenvalue weighted by Crippen LogP contribution is 2.41. The van der Waals surface area contributed by atoms with Gasteiger partial charge in [-0.05, 0) is 30.4 Å². The van der Waals surface area contributed by atoms with Crippen LogP contribution in [0.1, 0.15) is 34.7 Å². The fraction of sp³-hybridized carbons (Fsp3) is 0.308. The molecule has 16 heavy (non-hydrogen) atoms. The average molecular weight is 234 g/mol. The van der Waals surface area contributed by atoms with E-state index in [0.29, 0.717) is 5.56 Å². The van der Waals surface area contributed by atoms with E-state index in [1.54, 1.807) is 6.20 Å². The molecule has 1 saturated carbocycles. The Morgan fingerprint density at radius 1 is 1.44 bits per heavy atom. The Morgan fingerprint density at radius 2 is 2.25 bits per heavy atom. The summed E-state index contributed by atoms with van der Waals surface area (Å²) in [5.41, 5.74) is 3.12. The van der Waals surface area contributed by atoms with Crippen molar-refractivity contribution in [1.29, 1.82) is 0 Å². The molecule has 1 N–H and O–H groups in total. The third-order valence-electron chi connectivity index (χ3n) is 3.18. The molecule has 0 bridgehead atoms. The van der Waals surface area contributed by atoms with Crippen molar-refractivity contribution in [3.63, 3.8) is 0 Å². The van der Waals surface area contributed by atoms with Crippen LogP contribution in [0.15, 0.2) is 24.4 Å². The third kappa shape index (κ3) is 1.54. The highest BCUT2D eigenvalue weighted by Gasteiger charge is 2.24. The molecule has 0 saturated heterocycles. The summed E-state index contributed by atoms with van der Waals surface area (Å²) in [6.07, 6.45) is 4.34. The number of benzene rings is 1. The SMILES string of the molecule is O=C(CCl)c1c[nH]c2cc(C3CC3)ccc12. The van der Waals surface area contributed by atoms with E-state index in [0.717, 1.165) is 16.8 Å². The monoisotopic (exact) mass is 233 g/mol. The molecule has 1 aromatic heterocycles. The summed E-state index contributed by atoms with van der Waals surface area (Å²) in [5, 5.41) is 0.982. The van der Waals surface area contributed by atoms with Gasteiger partial charge in [-0.2, -0.15) is 0 Å². The second kappa shape index (κ2) is 3.63. The van der Waals surface area contributed by atoms with Gasteiger partial charge in [-0.15, -0.1) is 11.6 Å². The number of nitrogens with one attached hydrogen (secondary N) is 1. The topological polar surface area (TPSA) is 32.9 Å². The molecule has 0 aliphatic heterocycles. The predicted octanol–water partition coefficient (Wildman–Crippen LogP) is 3.47. The van der Waals surface area contributed by atoms with Gasteiger partial charge in [0.05, 0.1) is 5.88 Å². The number of aromatic nitrogens is 1. The van der Waals surface area contributed by atoms with Crippen molar-refractivity contribution in [3.8, 4) is 0 Å². The first-order chi connectivity index (χ1) is 7.79. The number of carbonyl (C=O) groups is 1. The smallest absolute Gasteiger partial charge is 0.179 e. The number of hydrogen-bond donors (Lipinski definition) is 1. The zero-order chi connectivity index (χ0) is 11.1. The average Bonchev–Trinajstić information content (AvgIpc) is 3.08. The normalized spacial score (nSPS) is 15.6. The molecule has 0 atom stereocenters. The first kappa shape index (κ1) is 9.91. The minimum absolute atomic E-state index is 0.0212. The van der Waals surface area contributed by atoms with Gasteiger partial charge in [0.2, 0.25) is 0 Å². The second-order valence-corrected chi connectivity index (χ2v) is 4.61. The van der Waals surface area contributed by atoms with Gasteiger partial charge in [-0.3, -0.25) is 4.79 Å². The van der Waals surface area contributed by atoms with Crippen LogP contribution in [0.5, 0.6) is 0 Å². The first-order valence-corrected chi connectivity index (χ1v) is 6.03.